The Kier molecular flexibility index (Phi) is 4.42. The zero-order valence-corrected chi connectivity index (χ0v) is 13.4. The average molecular weight is 348 g/mol. The van der Waals surface area contributed by atoms with Crippen molar-refractivity contribution in [1.29, 1.82) is 0 Å². The van der Waals surface area contributed by atoms with Crippen LogP contribution < -0.4 is 11.2 Å². The minimum atomic E-state index is -1.27. The number of carboxylic acids is 1. The maximum absolute atomic E-state index is 12.3. The van der Waals surface area contributed by atoms with Crippen molar-refractivity contribution in [3.05, 3.63) is 45.7 Å². The Morgan fingerprint density at radius 2 is 2.26 bits per heavy atom. The molecule has 0 bridgehead atoms. The number of carbonyl (C=O) groups is 1. The highest BCUT2D eigenvalue weighted by Crippen LogP contribution is 2.22. The fourth-order valence-electron chi connectivity index (χ4n) is 2.06. The van der Waals surface area contributed by atoms with Crippen molar-refractivity contribution in [2.45, 2.75) is 5.03 Å². The Morgan fingerprint density at radius 1 is 1.43 bits per heavy atom. The summed E-state index contributed by atoms with van der Waals surface area (Å²) in [5, 5.41) is 12.5. The molecule has 0 fully saturated rings. The molecule has 0 amide bonds. The van der Waals surface area contributed by atoms with Crippen LogP contribution in [-0.2, 0) is 0 Å². The summed E-state index contributed by atoms with van der Waals surface area (Å²) >= 11 is 2.80. The first-order chi connectivity index (χ1) is 11.1. The van der Waals surface area contributed by atoms with E-state index in [0.29, 0.717) is 23.1 Å². The van der Waals surface area contributed by atoms with Crippen molar-refractivity contribution in [2.75, 3.05) is 12.3 Å². The SMILES string of the molecule is NCCSc1ccc2c(=O)c(C(=O)O)cn(-c3nccs3)c2n1. The summed E-state index contributed by atoms with van der Waals surface area (Å²) in [6, 6.07) is 3.29. The van der Waals surface area contributed by atoms with Gasteiger partial charge in [-0.15, -0.1) is 23.1 Å². The zero-order chi connectivity index (χ0) is 16.4. The minimum absolute atomic E-state index is 0.247. The van der Waals surface area contributed by atoms with Gasteiger partial charge in [-0.2, -0.15) is 0 Å². The van der Waals surface area contributed by atoms with Crippen LogP contribution in [-0.4, -0.2) is 37.9 Å². The molecule has 9 heteroatoms. The first kappa shape index (κ1) is 15.7. The number of nitrogens with two attached hydrogens (primary N) is 1. The highest BCUT2D eigenvalue weighted by Gasteiger charge is 2.17. The third-order valence-electron chi connectivity index (χ3n) is 3.05. The lowest BCUT2D eigenvalue weighted by Gasteiger charge is -2.10. The Morgan fingerprint density at radius 3 is 2.91 bits per heavy atom. The van der Waals surface area contributed by atoms with Gasteiger partial charge in [0.25, 0.3) is 0 Å². The third kappa shape index (κ3) is 2.98. The molecule has 0 aromatic carbocycles. The number of hydrogen-bond donors (Lipinski definition) is 2. The number of aromatic carboxylic acids is 1. The molecule has 3 N–H and O–H groups in total. The first-order valence-corrected chi connectivity index (χ1v) is 8.51. The van der Waals surface area contributed by atoms with Crippen LogP contribution in [0.25, 0.3) is 16.2 Å². The van der Waals surface area contributed by atoms with E-state index in [0.717, 1.165) is 5.03 Å². The van der Waals surface area contributed by atoms with Gasteiger partial charge >= 0.3 is 5.97 Å². The maximum Gasteiger partial charge on any atom is 0.341 e. The molecular formula is C14H12N4O3S2. The van der Waals surface area contributed by atoms with Crippen LogP contribution in [0.15, 0.2) is 39.7 Å². The van der Waals surface area contributed by atoms with Gasteiger partial charge in [0.05, 0.1) is 10.4 Å². The van der Waals surface area contributed by atoms with E-state index < -0.39 is 11.4 Å². The number of pyridine rings is 2. The van der Waals surface area contributed by atoms with E-state index in [1.54, 1.807) is 23.7 Å². The molecule has 7 nitrogen and oxygen atoms in total. The van der Waals surface area contributed by atoms with Crippen LogP contribution in [0.4, 0.5) is 0 Å². The normalized spacial score (nSPS) is 11.0. The second-order valence-corrected chi connectivity index (χ2v) is 6.51. The van der Waals surface area contributed by atoms with Crippen LogP contribution in [0, 0.1) is 0 Å². The Labute approximate surface area is 138 Å². The zero-order valence-electron chi connectivity index (χ0n) is 11.8. The van der Waals surface area contributed by atoms with Crippen LogP contribution in [0.2, 0.25) is 0 Å². The second-order valence-electron chi connectivity index (χ2n) is 4.52. The van der Waals surface area contributed by atoms with Gasteiger partial charge in [0, 0.05) is 30.1 Å². The molecule has 3 aromatic heterocycles. The Balaban J connectivity index is 2.30. The first-order valence-electron chi connectivity index (χ1n) is 6.64. The highest BCUT2D eigenvalue weighted by molar-refractivity contribution is 7.99. The predicted octanol–water partition coefficient (Wildman–Crippen LogP) is 1.59. The number of rotatable bonds is 5. The number of fused-ring (bicyclic) bond motifs is 1. The summed E-state index contributed by atoms with van der Waals surface area (Å²) in [6.45, 7) is 0.515. The quantitative estimate of drug-likeness (QED) is 0.674. The molecule has 118 valence electrons. The van der Waals surface area contributed by atoms with Gasteiger partial charge in [-0.1, -0.05) is 0 Å². The molecule has 0 unspecified atom stereocenters. The fourth-order valence-corrected chi connectivity index (χ4v) is 3.32. The molecule has 0 atom stereocenters. The van der Waals surface area contributed by atoms with Gasteiger partial charge in [0.2, 0.25) is 5.43 Å². The largest absolute Gasteiger partial charge is 0.477 e. The number of carboxylic acid groups (broad SMARTS) is 1. The number of thioether (sulfide) groups is 1. The number of hydrogen-bond acceptors (Lipinski definition) is 7. The lowest BCUT2D eigenvalue weighted by atomic mass is 10.2. The summed E-state index contributed by atoms with van der Waals surface area (Å²) in [6.07, 6.45) is 2.88. The van der Waals surface area contributed by atoms with Crippen LogP contribution in [0.5, 0.6) is 0 Å². The number of nitrogens with zero attached hydrogens (tertiary/aromatic N) is 3. The third-order valence-corrected chi connectivity index (χ3v) is 4.78. The fraction of sp³-hybridized carbons (Fsp3) is 0.143. The van der Waals surface area contributed by atoms with Crippen molar-refractivity contribution >= 4 is 40.1 Å². The van der Waals surface area contributed by atoms with Crippen molar-refractivity contribution in [1.82, 2.24) is 14.5 Å². The molecule has 3 rings (SSSR count). The van der Waals surface area contributed by atoms with Gasteiger partial charge < -0.3 is 10.8 Å². The smallest absolute Gasteiger partial charge is 0.341 e. The van der Waals surface area contributed by atoms with Gasteiger partial charge in [0.15, 0.2) is 10.8 Å². The lowest BCUT2D eigenvalue weighted by molar-refractivity contribution is 0.0695. The van der Waals surface area contributed by atoms with Gasteiger partial charge in [-0.3, -0.25) is 9.36 Å². The average Bonchev–Trinajstić information content (AvgIpc) is 3.07. The van der Waals surface area contributed by atoms with Gasteiger partial charge in [-0.25, -0.2) is 14.8 Å². The maximum atomic E-state index is 12.3. The molecule has 0 saturated carbocycles. The molecule has 0 aliphatic carbocycles. The molecule has 0 aliphatic rings. The Hall–Kier alpha value is -2.23. The van der Waals surface area contributed by atoms with E-state index in [2.05, 4.69) is 9.97 Å². The van der Waals surface area contributed by atoms with Crippen molar-refractivity contribution in [2.24, 2.45) is 5.73 Å². The van der Waals surface area contributed by atoms with Crippen molar-refractivity contribution < 1.29 is 9.90 Å². The standard InChI is InChI=1S/C14H12N4O3S2/c15-3-5-22-10-2-1-8-11(19)9(13(20)21)7-18(12(8)17-10)14-16-4-6-23-14/h1-2,4,6-7H,3,5,15H2,(H,20,21). The van der Waals surface area contributed by atoms with Crippen molar-refractivity contribution in [3.63, 3.8) is 0 Å². The van der Waals surface area contributed by atoms with E-state index in [4.69, 9.17) is 5.73 Å². The summed E-state index contributed by atoms with van der Waals surface area (Å²) in [7, 11) is 0. The van der Waals surface area contributed by atoms with Crippen LogP contribution >= 0.6 is 23.1 Å². The Bertz CT molecular complexity index is 922. The lowest BCUT2D eigenvalue weighted by Crippen LogP contribution is -2.19. The summed E-state index contributed by atoms with van der Waals surface area (Å²) < 4.78 is 1.54. The highest BCUT2D eigenvalue weighted by atomic mass is 32.2. The molecule has 3 aromatic rings. The number of aromatic nitrogens is 3. The topological polar surface area (TPSA) is 111 Å². The molecular weight excluding hydrogens is 336 g/mol. The second kappa shape index (κ2) is 6.49. The van der Waals surface area contributed by atoms with Gasteiger partial charge in [0.1, 0.15) is 5.56 Å². The van der Waals surface area contributed by atoms with E-state index >= 15 is 0 Å². The molecule has 0 radical (unpaired) electrons. The minimum Gasteiger partial charge on any atom is -0.477 e. The van der Waals surface area contributed by atoms with Gasteiger partial charge in [-0.05, 0) is 12.1 Å². The number of thiazole rings is 1. The predicted molar refractivity (Wildman–Crippen MR) is 89.7 cm³/mol. The molecule has 0 aliphatic heterocycles. The summed E-state index contributed by atoms with van der Waals surface area (Å²) in [4.78, 5) is 32.3. The van der Waals surface area contributed by atoms with E-state index in [9.17, 15) is 14.7 Å². The van der Waals surface area contributed by atoms with E-state index in [-0.39, 0.29) is 10.9 Å². The van der Waals surface area contributed by atoms with E-state index in [1.165, 1.54) is 33.9 Å². The monoisotopic (exact) mass is 348 g/mol. The summed E-state index contributed by atoms with van der Waals surface area (Å²) in [5.41, 5.74) is 5.02. The molecule has 23 heavy (non-hydrogen) atoms. The summed E-state index contributed by atoms with van der Waals surface area (Å²) in [5.74, 6) is -0.573. The molecule has 3 heterocycles. The van der Waals surface area contributed by atoms with E-state index in [1.807, 2.05) is 0 Å². The molecule has 0 spiro atoms. The molecule has 0 saturated heterocycles. The van der Waals surface area contributed by atoms with Crippen molar-refractivity contribution in [3.8, 4) is 5.13 Å². The van der Waals surface area contributed by atoms with Crippen LogP contribution in [0.1, 0.15) is 10.4 Å². The van der Waals surface area contributed by atoms with Crippen LogP contribution in [0.3, 0.4) is 0 Å².